The minimum atomic E-state index is -0.730. The van der Waals surface area contributed by atoms with Crippen LogP contribution >= 0.6 is 11.3 Å². The Labute approximate surface area is 213 Å². The molecule has 2 N–H and O–H groups in total. The first-order valence-corrected chi connectivity index (χ1v) is 12.9. The van der Waals surface area contributed by atoms with E-state index in [1.54, 1.807) is 28.6 Å². The van der Waals surface area contributed by atoms with Crippen LogP contribution in [0, 0.1) is 6.92 Å². The third kappa shape index (κ3) is 6.48. The first-order valence-electron chi connectivity index (χ1n) is 11.9. The SMILES string of the molecule is Cc1ccc2c(c1)OCCCn1cc(nn1)CN(C(=O)c1ccsc1)CCCNC(=O)[C@@H](C)NC2=O. The van der Waals surface area contributed by atoms with Gasteiger partial charge in [0.05, 0.1) is 30.5 Å². The van der Waals surface area contributed by atoms with E-state index in [2.05, 4.69) is 20.9 Å². The highest BCUT2D eigenvalue weighted by molar-refractivity contribution is 7.08. The van der Waals surface area contributed by atoms with E-state index in [1.165, 1.54) is 11.3 Å². The Morgan fingerprint density at radius 2 is 2.06 bits per heavy atom. The van der Waals surface area contributed by atoms with Crippen LogP contribution in [0.4, 0.5) is 0 Å². The number of nitrogens with one attached hydrogen (secondary N) is 2. The number of hydrogen-bond acceptors (Lipinski definition) is 7. The second kappa shape index (κ2) is 11.8. The number of carbonyl (C=O) groups is 3. The van der Waals surface area contributed by atoms with Gasteiger partial charge in [0, 0.05) is 31.4 Å². The summed E-state index contributed by atoms with van der Waals surface area (Å²) >= 11 is 1.47. The van der Waals surface area contributed by atoms with Crippen molar-refractivity contribution in [2.75, 3.05) is 19.7 Å². The molecule has 0 saturated carbocycles. The van der Waals surface area contributed by atoms with Gasteiger partial charge in [-0.1, -0.05) is 11.3 Å². The van der Waals surface area contributed by atoms with Gasteiger partial charge in [-0.3, -0.25) is 19.1 Å². The Balaban J connectivity index is 1.51. The Morgan fingerprint density at radius 3 is 2.86 bits per heavy atom. The molecule has 36 heavy (non-hydrogen) atoms. The summed E-state index contributed by atoms with van der Waals surface area (Å²) in [5, 5.41) is 17.7. The van der Waals surface area contributed by atoms with Crippen LogP contribution in [-0.2, 0) is 17.9 Å². The molecule has 2 aromatic heterocycles. The molecule has 1 atom stereocenters. The molecule has 0 fully saturated rings. The second-order valence-corrected chi connectivity index (χ2v) is 9.53. The molecule has 11 heteroatoms. The molecule has 3 heterocycles. The summed E-state index contributed by atoms with van der Waals surface area (Å²) in [5.74, 6) is -0.293. The Hall–Kier alpha value is -3.73. The number of thiophene rings is 1. The van der Waals surface area contributed by atoms with E-state index in [9.17, 15) is 14.4 Å². The third-order valence-electron chi connectivity index (χ3n) is 5.81. The predicted octanol–water partition coefficient (Wildman–Crippen LogP) is 2.40. The van der Waals surface area contributed by atoms with Crippen LogP contribution in [0.3, 0.4) is 0 Å². The zero-order valence-electron chi connectivity index (χ0n) is 20.4. The fraction of sp³-hybridized carbons (Fsp3) is 0.400. The minimum Gasteiger partial charge on any atom is -0.493 e. The van der Waals surface area contributed by atoms with Crippen molar-refractivity contribution in [2.45, 2.75) is 45.8 Å². The summed E-state index contributed by atoms with van der Waals surface area (Å²) in [6.07, 6.45) is 3.03. The quantitative estimate of drug-likeness (QED) is 0.519. The van der Waals surface area contributed by atoms with Crippen molar-refractivity contribution >= 4 is 29.1 Å². The van der Waals surface area contributed by atoms with Gasteiger partial charge in [0.2, 0.25) is 5.91 Å². The van der Waals surface area contributed by atoms with E-state index in [-0.39, 0.29) is 17.7 Å². The van der Waals surface area contributed by atoms with E-state index in [0.29, 0.717) is 68.2 Å². The Morgan fingerprint density at radius 1 is 1.19 bits per heavy atom. The first-order chi connectivity index (χ1) is 17.4. The van der Waals surface area contributed by atoms with Crippen molar-refractivity contribution in [1.29, 1.82) is 0 Å². The summed E-state index contributed by atoms with van der Waals surface area (Å²) < 4.78 is 7.66. The molecular formula is C25H30N6O4S. The van der Waals surface area contributed by atoms with Crippen LogP contribution in [0.25, 0.3) is 0 Å². The van der Waals surface area contributed by atoms with Crippen LogP contribution in [0.5, 0.6) is 5.75 Å². The molecule has 10 nitrogen and oxygen atoms in total. The number of hydrogen-bond donors (Lipinski definition) is 2. The Kier molecular flexibility index (Phi) is 8.32. The van der Waals surface area contributed by atoms with Gasteiger partial charge in [-0.15, -0.1) is 5.10 Å². The van der Waals surface area contributed by atoms with E-state index in [0.717, 1.165) is 5.56 Å². The number of amides is 3. The summed E-state index contributed by atoms with van der Waals surface area (Å²) in [6.45, 7) is 5.63. The van der Waals surface area contributed by atoms with Crippen molar-refractivity contribution in [3.05, 3.63) is 63.6 Å². The molecular weight excluding hydrogens is 480 g/mol. The molecule has 3 amide bonds. The lowest BCUT2D eigenvalue weighted by Gasteiger charge is -2.22. The molecule has 4 rings (SSSR count). The van der Waals surface area contributed by atoms with Crippen molar-refractivity contribution < 1.29 is 19.1 Å². The average molecular weight is 511 g/mol. The van der Waals surface area contributed by atoms with Gasteiger partial charge in [0.25, 0.3) is 11.8 Å². The monoisotopic (exact) mass is 510 g/mol. The fourth-order valence-electron chi connectivity index (χ4n) is 3.86. The van der Waals surface area contributed by atoms with E-state index in [1.807, 2.05) is 36.0 Å². The smallest absolute Gasteiger partial charge is 0.255 e. The fourth-order valence-corrected chi connectivity index (χ4v) is 4.49. The molecule has 0 aliphatic carbocycles. The second-order valence-electron chi connectivity index (χ2n) is 8.75. The zero-order valence-corrected chi connectivity index (χ0v) is 21.2. The molecule has 0 saturated heterocycles. The standard InChI is InChI=1S/C25H30N6O4S/c1-17-5-6-21-22(13-17)35-11-4-10-31-15-20(28-29-31)14-30(25(34)19-7-12-36-16-19)9-3-8-26-23(32)18(2)27-24(21)33/h5-7,12-13,15-16,18H,3-4,8-11,14H2,1-2H3,(H,26,32)(H,27,33)/t18-/m1/s1. The average Bonchev–Trinajstić information content (AvgIpc) is 3.55. The largest absolute Gasteiger partial charge is 0.493 e. The van der Waals surface area contributed by atoms with Crippen LogP contribution in [0.1, 0.15) is 51.7 Å². The summed E-state index contributed by atoms with van der Waals surface area (Å²) in [4.78, 5) is 40.2. The lowest BCUT2D eigenvalue weighted by Crippen LogP contribution is -2.45. The number of nitrogens with zero attached hydrogens (tertiary/aromatic N) is 4. The van der Waals surface area contributed by atoms with E-state index >= 15 is 0 Å². The number of benzene rings is 1. The highest BCUT2D eigenvalue weighted by Crippen LogP contribution is 2.21. The van der Waals surface area contributed by atoms with Crippen molar-refractivity contribution in [2.24, 2.45) is 0 Å². The molecule has 0 radical (unpaired) electrons. The van der Waals surface area contributed by atoms with E-state index in [4.69, 9.17) is 4.74 Å². The highest BCUT2D eigenvalue weighted by Gasteiger charge is 2.21. The molecule has 2 bridgehead atoms. The molecule has 1 aromatic carbocycles. The van der Waals surface area contributed by atoms with Gasteiger partial charge in [0.15, 0.2) is 0 Å². The summed E-state index contributed by atoms with van der Waals surface area (Å²) in [5.41, 5.74) is 2.65. The first kappa shape index (κ1) is 25.4. The molecule has 3 aromatic rings. The maximum Gasteiger partial charge on any atom is 0.255 e. The number of aryl methyl sites for hydroxylation is 2. The molecule has 1 aliphatic heterocycles. The number of aromatic nitrogens is 3. The molecule has 1 aliphatic rings. The van der Waals surface area contributed by atoms with Gasteiger partial charge in [-0.25, -0.2) is 0 Å². The molecule has 190 valence electrons. The number of ether oxygens (including phenoxy) is 1. The third-order valence-corrected chi connectivity index (χ3v) is 6.49. The van der Waals surface area contributed by atoms with Gasteiger partial charge in [0.1, 0.15) is 17.5 Å². The topological polar surface area (TPSA) is 118 Å². The number of fused-ring (bicyclic) bond motifs is 3. The maximum absolute atomic E-state index is 13.1. The van der Waals surface area contributed by atoms with Crippen LogP contribution in [0.2, 0.25) is 0 Å². The number of rotatable bonds is 1. The van der Waals surface area contributed by atoms with Gasteiger partial charge >= 0.3 is 0 Å². The van der Waals surface area contributed by atoms with Crippen LogP contribution < -0.4 is 15.4 Å². The Bertz CT molecular complexity index is 1210. The van der Waals surface area contributed by atoms with Gasteiger partial charge in [-0.05, 0) is 49.4 Å². The number of carbonyl (C=O) groups excluding carboxylic acids is 3. The summed E-state index contributed by atoms with van der Waals surface area (Å²) in [6, 6.07) is 6.42. The highest BCUT2D eigenvalue weighted by atomic mass is 32.1. The van der Waals surface area contributed by atoms with Crippen molar-refractivity contribution in [1.82, 2.24) is 30.5 Å². The zero-order chi connectivity index (χ0) is 25.5. The van der Waals surface area contributed by atoms with Gasteiger partial charge in [-0.2, -0.15) is 11.3 Å². The predicted molar refractivity (Wildman–Crippen MR) is 135 cm³/mol. The lowest BCUT2D eigenvalue weighted by atomic mass is 10.1. The molecule has 0 spiro atoms. The molecule has 0 unspecified atom stereocenters. The van der Waals surface area contributed by atoms with Crippen molar-refractivity contribution in [3.8, 4) is 5.75 Å². The van der Waals surface area contributed by atoms with Crippen LogP contribution in [-0.4, -0.2) is 63.4 Å². The maximum atomic E-state index is 13.1. The van der Waals surface area contributed by atoms with Crippen molar-refractivity contribution in [3.63, 3.8) is 0 Å². The summed E-state index contributed by atoms with van der Waals surface area (Å²) in [7, 11) is 0. The lowest BCUT2D eigenvalue weighted by molar-refractivity contribution is -0.122. The minimum absolute atomic E-state index is 0.0925. The van der Waals surface area contributed by atoms with Crippen LogP contribution in [0.15, 0.2) is 41.2 Å². The van der Waals surface area contributed by atoms with Gasteiger partial charge < -0.3 is 20.3 Å². The van der Waals surface area contributed by atoms with E-state index < -0.39 is 6.04 Å². The normalized spacial score (nSPS) is 18.1.